The van der Waals surface area contributed by atoms with Crippen molar-refractivity contribution in [3.63, 3.8) is 0 Å². The molecule has 0 bridgehead atoms. The summed E-state index contributed by atoms with van der Waals surface area (Å²) in [5.41, 5.74) is 5.30. The summed E-state index contributed by atoms with van der Waals surface area (Å²) in [6, 6.07) is 13.9. The predicted molar refractivity (Wildman–Crippen MR) is 147 cm³/mol. The van der Waals surface area contributed by atoms with E-state index in [1.807, 2.05) is 0 Å². The van der Waals surface area contributed by atoms with Gasteiger partial charge in [0, 0.05) is 35.7 Å². The Kier molecular flexibility index (Phi) is 12.1. The summed E-state index contributed by atoms with van der Waals surface area (Å²) in [6.45, 7) is 3.53. The first-order valence-corrected chi connectivity index (χ1v) is 12.6. The van der Waals surface area contributed by atoms with Crippen LogP contribution in [-0.2, 0) is 23.9 Å². The molecule has 41 heavy (non-hydrogen) atoms. The van der Waals surface area contributed by atoms with E-state index in [1.54, 1.807) is 38.1 Å². The van der Waals surface area contributed by atoms with E-state index in [4.69, 9.17) is 26.8 Å². The number of aliphatic carboxylic acids is 1. The van der Waals surface area contributed by atoms with Gasteiger partial charge in [0.05, 0.1) is 48.2 Å². The number of benzene rings is 2. The van der Waals surface area contributed by atoms with Crippen LogP contribution in [0.3, 0.4) is 0 Å². The van der Waals surface area contributed by atoms with E-state index in [-0.39, 0.29) is 35.1 Å². The number of carboxylic acid groups (broad SMARTS) is 1. The van der Waals surface area contributed by atoms with E-state index < -0.39 is 34.9 Å². The molecule has 6 N–H and O–H groups in total. The quantitative estimate of drug-likeness (QED) is 0.134. The van der Waals surface area contributed by atoms with Crippen LogP contribution in [0.4, 0.5) is 5.69 Å². The third-order valence-electron chi connectivity index (χ3n) is 5.76. The molecule has 1 heterocycles. The monoisotopic (exact) mass is 586 g/mol. The number of ether oxygens (including phenoxy) is 2. The van der Waals surface area contributed by atoms with Crippen LogP contribution in [0, 0.1) is 10.1 Å². The van der Waals surface area contributed by atoms with Crippen LogP contribution in [0.2, 0.25) is 0 Å². The van der Waals surface area contributed by atoms with Crippen molar-refractivity contribution in [2.75, 3.05) is 20.3 Å². The Balaban J connectivity index is 0.000000446. The van der Waals surface area contributed by atoms with Crippen LogP contribution in [0.5, 0.6) is 0 Å². The summed E-state index contributed by atoms with van der Waals surface area (Å²) in [5, 5.41) is 36.5. The molecule has 0 radical (unpaired) electrons. The predicted octanol–water partition coefficient (Wildman–Crippen LogP) is 0.132. The molecule has 0 aliphatic carbocycles. The maximum Gasteiger partial charge on any atom is 0.336 e. The van der Waals surface area contributed by atoms with Crippen LogP contribution < -0.4 is 21.5 Å². The lowest BCUT2D eigenvalue weighted by molar-refractivity contribution is -0.384. The molecule has 0 fully saturated rings. The van der Waals surface area contributed by atoms with Crippen molar-refractivity contribution in [2.24, 2.45) is 0 Å². The second-order valence-electron chi connectivity index (χ2n) is 8.46. The van der Waals surface area contributed by atoms with E-state index in [9.17, 15) is 29.6 Å². The highest BCUT2D eigenvalue weighted by atomic mass is 32.1. The second-order valence-corrected chi connectivity index (χ2v) is 8.95. The van der Waals surface area contributed by atoms with Crippen molar-refractivity contribution in [1.29, 1.82) is 0 Å². The number of methoxy groups -OCH3 is 1. The fourth-order valence-electron chi connectivity index (χ4n) is 3.98. The Morgan fingerprint density at radius 1 is 1.15 bits per heavy atom. The first kappa shape index (κ1) is 32.6. The van der Waals surface area contributed by atoms with Crippen molar-refractivity contribution < 1.29 is 44.7 Å². The number of non-ortho nitro benzene ring substituents is 1. The topological polar surface area (TPSA) is 208 Å². The van der Waals surface area contributed by atoms with E-state index in [0.717, 1.165) is 0 Å². The van der Waals surface area contributed by atoms with Gasteiger partial charge in [0.25, 0.3) is 10.8 Å². The number of hydrogen-bond donors (Lipinski definition) is 4. The van der Waals surface area contributed by atoms with Crippen molar-refractivity contribution in [3.05, 3.63) is 98.4 Å². The molecular weight excluding hydrogens is 556 g/mol. The zero-order chi connectivity index (χ0) is 30.7. The SMILES string of the molecule is CCOC(=O)C1=C(CNC([NH3+])=S)NC(C)=C(C(=O)OC)C1c1cccc([N+](=O)[O-])c1.O=C([O-])[C@@H](O)c1ccccc1. The minimum atomic E-state index is -1.52. The number of nitrogens with zero attached hydrogens (tertiary/aromatic N) is 1. The zero-order valence-electron chi connectivity index (χ0n) is 22.5. The number of quaternary nitrogens is 1. The summed E-state index contributed by atoms with van der Waals surface area (Å²) >= 11 is 4.95. The number of carbonyl (C=O) groups excluding carboxylic acids is 3. The van der Waals surface area contributed by atoms with E-state index in [1.165, 1.54) is 37.4 Å². The molecule has 1 aliphatic heterocycles. The molecule has 14 heteroatoms. The van der Waals surface area contributed by atoms with Gasteiger partial charge in [-0.1, -0.05) is 42.5 Å². The number of carboxylic acids is 1. The van der Waals surface area contributed by atoms with Gasteiger partial charge in [-0.25, -0.2) is 9.59 Å². The average molecular weight is 587 g/mol. The molecule has 218 valence electrons. The lowest BCUT2D eigenvalue weighted by Gasteiger charge is -2.31. The Hall–Kier alpha value is -4.66. The maximum atomic E-state index is 12.9. The van der Waals surface area contributed by atoms with Crippen molar-refractivity contribution in [1.82, 2.24) is 10.6 Å². The first-order chi connectivity index (χ1) is 19.4. The van der Waals surface area contributed by atoms with Gasteiger partial charge in [-0.3, -0.25) is 10.1 Å². The Morgan fingerprint density at radius 3 is 2.34 bits per heavy atom. The van der Waals surface area contributed by atoms with E-state index in [0.29, 0.717) is 22.5 Å². The van der Waals surface area contributed by atoms with Gasteiger partial charge in [0.15, 0.2) is 0 Å². The Bertz CT molecular complexity index is 1380. The van der Waals surface area contributed by atoms with Gasteiger partial charge in [0.1, 0.15) is 6.10 Å². The fourth-order valence-corrected chi connectivity index (χ4v) is 4.05. The van der Waals surface area contributed by atoms with Crippen molar-refractivity contribution >= 4 is 40.9 Å². The fraction of sp³-hybridized carbons (Fsp3) is 0.259. The number of dihydropyridines is 1. The first-order valence-electron chi connectivity index (χ1n) is 12.2. The molecule has 2 aromatic carbocycles. The number of aliphatic hydroxyl groups excluding tert-OH is 1. The molecule has 0 saturated carbocycles. The summed E-state index contributed by atoms with van der Waals surface area (Å²) in [6.07, 6.45) is -1.52. The van der Waals surface area contributed by atoms with Gasteiger partial charge in [-0.2, -0.15) is 0 Å². The lowest BCUT2D eigenvalue weighted by Crippen LogP contribution is -2.63. The van der Waals surface area contributed by atoms with Crippen molar-refractivity contribution in [3.8, 4) is 0 Å². The number of nitro groups is 1. The number of nitro benzene ring substituents is 1. The van der Waals surface area contributed by atoms with Crippen LogP contribution in [0.1, 0.15) is 37.0 Å². The molecule has 13 nitrogen and oxygen atoms in total. The van der Waals surface area contributed by atoms with Gasteiger partial charge in [-0.15, -0.1) is 0 Å². The molecule has 3 rings (SSSR count). The minimum Gasteiger partial charge on any atom is -0.547 e. The summed E-state index contributed by atoms with van der Waals surface area (Å²) in [5.74, 6) is -3.75. The number of aliphatic hydroxyl groups is 1. The summed E-state index contributed by atoms with van der Waals surface area (Å²) in [4.78, 5) is 46.4. The molecule has 0 amide bonds. The smallest absolute Gasteiger partial charge is 0.336 e. The van der Waals surface area contributed by atoms with Crippen molar-refractivity contribution in [2.45, 2.75) is 25.9 Å². The normalized spacial score (nSPS) is 15.0. The highest BCUT2D eigenvalue weighted by Gasteiger charge is 2.39. The van der Waals surface area contributed by atoms with Crippen LogP contribution in [0.25, 0.3) is 0 Å². The van der Waals surface area contributed by atoms with E-state index in [2.05, 4.69) is 16.4 Å². The molecule has 0 spiro atoms. The molecule has 0 saturated heterocycles. The number of hydrogen-bond acceptors (Lipinski definition) is 11. The molecule has 2 atom stereocenters. The maximum absolute atomic E-state index is 12.9. The number of carbonyl (C=O) groups is 3. The van der Waals surface area contributed by atoms with Crippen LogP contribution in [-0.4, -0.2) is 53.3 Å². The molecule has 1 aliphatic rings. The Morgan fingerprint density at radius 2 is 1.80 bits per heavy atom. The van der Waals surface area contributed by atoms with Gasteiger partial charge in [0.2, 0.25) is 0 Å². The largest absolute Gasteiger partial charge is 0.547 e. The second kappa shape index (κ2) is 15.2. The number of nitrogens with one attached hydrogen (secondary N) is 2. The highest BCUT2D eigenvalue weighted by molar-refractivity contribution is 7.79. The van der Waals surface area contributed by atoms with Crippen LogP contribution in [0.15, 0.2) is 77.1 Å². The van der Waals surface area contributed by atoms with Crippen LogP contribution >= 0.6 is 12.2 Å². The van der Waals surface area contributed by atoms with Gasteiger partial charge >= 0.3 is 11.9 Å². The third-order valence-corrected chi connectivity index (χ3v) is 5.91. The average Bonchev–Trinajstić information content (AvgIpc) is 2.95. The summed E-state index contributed by atoms with van der Waals surface area (Å²) < 4.78 is 10.1. The molecule has 2 aromatic rings. The third kappa shape index (κ3) is 8.66. The Labute approximate surface area is 240 Å². The van der Waals surface area contributed by atoms with Gasteiger partial charge in [-0.05, 0) is 25.0 Å². The highest BCUT2D eigenvalue weighted by Crippen LogP contribution is 2.40. The zero-order valence-corrected chi connectivity index (χ0v) is 23.4. The standard InChI is InChI=1S/C19H22N4O6S.C8H8O3/c1-4-29-18(25)16-13(9-21-19(20)30)22-10(2)14(17(24)28-3)15(16)11-6-5-7-12(8-11)23(26)27;9-7(8(10)11)6-4-2-1-3-5-6/h5-8,15,22H,4,9H2,1-3H3,(H3,20,21,30);1-5,7,9H,(H,10,11)/t;7-/m.0/s1. The lowest BCUT2D eigenvalue weighted by atomic mass is 9.80. The van der Waals surface area contributed by atoms with Gasteiger partial charge < -0.3 is 40.8 Å². The number of allylic oxidation sites excluding steroid dienone is 1. The number of thiocarbonyl (C=S) groups is 1. The number of esters is 2. The molecule has 1 unspecified atom stereocenters. The molecular formula is C27H30N4O9S. The number of rotatable bonds is 9. The molecule has 0 aromatic heterocycles. The summed E-state index contributed by atoms with van der Waals surface area (Å²) in [7, 11) is 1.22. The van der Waals surface area contributed by atoms with E-state index >= 15 is 0 Å². The minimum absolute atomic E-state index is 0.106.